The third-order valence-electron chi connectivity index (χ3n) is 6.91. The van der Waals surface area contributed by atoms with Gasteiger partial charge in [-0.25, -0.2) is 17.8 Å². The minimum atomic E-state index is -5.00. The van der Waals surface area contributed by atoms with Crippen LogP contribution in [0.1, 0.15) is 37.0 Å². The lowest BCUT2D eigenvalue weighted by atomic mass is 10.0. The summed E-state index contributed by atoms with van der Waals surface area (Å²) in [6, 6.07) is 9.82. The number of rotatable bonds is 7. The second-order valence-electron chi connectivity index (χ2n) is 9.84. The summed E-state index contributed by atoms with van der Waals surface area (Å²) >= 11 is 0. The molecule has 0 radical (unpaired) electrons. The molecule has 0 bridgehead atoms. The van der Waals surface area contributed by atoms with E-state index in [0.717, 1.165) is 12.8 Å². The summed E-state index contributed by atoms with van der Waals surface area (Å²) in [5.74, 6) is 2.76. The number of anilines is 2. The third-order valence-corrected chi connectivity index (χ3v) is 7.88. The van der Waals surface area contributed by atoms with E-state index in [1.165, 1.54) is 42.5 Å². The van der Waals surface area contributed by atoms with Crippen LogP contribution in [0.3, 0.4) is 0 Å². The number of hydrogen-bond donors (Lipinski definition) is 2. The highest BCUT2D eigenvalue weighted by molar-refractivity contribution is 7.93. The number of hydrogen-bond acceptors (Lipinski definition) is 7. The lowest BCUT2D eigenvalue weighted by Gasteiger charge is -2.19. The van der Waals surface area contributed by atoms with Crippen LogP contribution in [-0.2, 0) is 21.8 Å². The zero-order chi connectivity index (χ0) is 30.0. The van der Waals surface area contributed by atoms with Gasteiger partial charge in [0.2, 0.25) is 0 Å². The number of nitrogens with two attached hydrogens (primary N) is 1. The van der Waals surface area contributed by atoms with E-state index in [9.17, 15) is 21.6 Å². The molecule has 1 fully saturated rings. The van der Waals surface area contributed by atoms with Crippen molar-refractivity contribution in [2.75, 3.05) is 23.7 Å². The van der Waals surface area contributed by atoms with Crippen LogP contribution in [0.15, 0.2) is 48.7 Å². The van der Waals surface area contributed by atoms with Crippen molar-refractivity contribution >= 4 is 32.4 Å². The van der Waals surface area contributed by atoms with Crippen LogP contribution in [0, 0.1) is 23.6 Å². The summed E-state index contributed by atoms with van der Waals surface area (Å²) in [6.07, 6.45) is 2.58. The number of alkyl halides is 2. The minimum Gasteiger partial charge on any atom is -0.484 e. The summed E-state index contributed by atoms with van der Waals surface area (Å²) in [7, 11) is -3.26. The molecule has 42 heavy (non-hydrogen) atoms. The molecule has 5 rings (SSSR count). The molecule has 1 aliphatic heterocycles. The Morgan fingerprint density at radius 2 is 1.88 bits per heavy atom. The Morgan fingerprint density at radius 1 is 1.17 bits per heavy atom. The predicted molar refractivity (Wildman–Crippen MR) is 153 cm³/mol. The number of ether oxygens (including phenoxy) is 2. The van der Waals surface area contributed by atoms with Gasteiger partial charge in [-0.3, -0.25) is 9.40 Å². The molecule has 0 unspecified atom stereocenters. The van der Waals surface area contributed by atoms with Gasteiger partial charge in [0.25, 0.3) is 10.0 Å². The molecule has 0 aliphatic carbocycles. The van der Waals surface area contributed by atoms with E-state index in [-0.39, 0.29) is 23.2 Å². The van der Waals surface area contributed by atoms with Crippen LogP contribution in [-0.4, -0.2) is 42.2 Å². The van der Waals surface area contributed by atoms with Gasteiger partial charge in [0.1, 0.15) is 29.2 Å². The number of nitrogens with zero attached hydrogens (tertiary/aromatic N) is 3. The van der Waals surface area contributed by atoms with E-state index >= 15 is 0 Å². The fourth-order valence-corrected chi connectivity index (χ4v) is 5.26. The molecule has 220 valence electrons. The maximum Gasteiger partial charge on any atom is 0.355 e. The van der Waals surface area contributed by atoms with Crippen LogP contribution in [0.4, 0.5) is 24.7 Å². The Labute approximate surface area is 240 Å². The highest BCUT2D eigenvalue weighted by Crippen LogP contribution is 2.38. The predicted octanol–water partition coefficient (Wildman–Crippen LogP) is 5.24. The molecule has 13 heteroatoms. The van der Waals surface area contributed by atoms with Crippen LogP contribution in [0.5, 0.6) is 5.75 Å². The van der Waals surface area contributed by atoms with Crippen LogP contribution >= 0.6 is 0 Å². The van der Waals surface area contributed by atoms with E-state index in [1.54, 1.807) is 24.9 Å². The van der Waals surface area contributed by atoms with Crippen LogP contribution < -0.4 is 15.2 Å². The number of nitrogen functional groups attached to an aromatic ring is 1. The Hall–Kier alpha value is -4.28. The quantitative estimate of drug-likeness (QED) is 0.279. The van der Waals surface area contributed by atoms with Gasteiger partial charge in [0.15, 0.2) is 0 Å². The summed E-state index contributed by atoms with van der Waals surface area (Å²) in [6.45, 7) is 2.99. The molecule has 1 atom stereocenters. The smallest absolute Gasteiger partial charge is 0.355 e. The summed E-state index contributed by atoms with van der Waals surface area (Å²) in [4.78, 5) is 4.33. The van der Waals surface area contributed by atoms with Gasteiger partial charge >= 0.3 is 5.76 Å². The van der Waals surface area contributed by atoms with Crippen molar-refractivity contribution in [3.63, 3.8) is 0 Å². The maximum absolute atomic E-state index is 13.5. The number of pyridine rings is 1. The first-order valence-electron chi connectivity index (χ1n) is 13.1. The molecule has 2 aromatic heterocycles. The van der Waals surface area contributed by atoms with Gasteiger partial charge < -0.3 is 15.2 Å². The van der Waals surface area contributed by atoms with E-state index < -0.39 is 27.7 Å². The summed E-state index contributed by atoms with van der Waals surface area (Å²) < 4.78 is 78.8. The number of fused-ring (bicyclic) bond motifs is 1. The molecule has 9 nitrogen and oxygen atoms in total. The van der Waals surface area contributed by atoms with Gasteiger partial charge in [0.05, 0.1) is 22.2 Å². The molecule has 0 spiro atoms. The first kappa shape index (κ1) is 29.2. The number of halogens is 3. The van der Waals surface area contributed by atoms with Crippen LogP contribution in [0.25, 0.3) is 22.2 Å². The molecule has 1 saturated heterocycles. The fourth-order valence-electron chi connectivity index (χ4n) is 4.69. The standard InChI is InChI=1S/C29H28F3N5O4S/c1-17(19-5-8-22(30)9-6-19)41-24-15-20(7-10-23(24)36-42(38,39)29(31)32)26-25-27(37(2)35-26)21(16-34-28(25)33)4-3-18-11-13-40-14-12-18/h5-10,15-18,29,36H,11-14H2,1-2H3,(H2,33,34)/t17-/m0/s1. The van der Waals surface area contributed by atoms with Crippen molar-refractivity contribution < 1.29 is 31.1 Å². The van der Waals surface area contributed by atoms with Crippen molar-refractivity contribution in [3.05, 3.63) is 65.6 Å². The number of aromatic nitrogens is 3. The Bertz CT molecular complexity index is 1780. The second-order valence-corrected chi connectivity index (χ2v) is 11.5. The average molecular weight is 600 g/mol. The molecule has 0 amide bonds. The Kier molecular flexibility index (Phi) is 8.29. The molecule has 0 saturated carbocycles. The van der Waals surface area contributed by atoms with Gasteiger partial charge in [-0.1, -0.05) is 30.0 Å². The van der Waals surface area contributed by atoms with E-state index in [0.29, 0.717) is 46.5 Å². The highest BCUT2D eigenvalue weighted by Gasteiger charge is 2.26. The molecule has 3 N–H and O–H groups in total. The highest BCUT2D eigenvalue weighted by atomic mass is 32.2. The van der Waals surface area contributed by atoms with Crippen molar-refractivity contribution in [1.29, 1.82) is 0 Å². The first-order chi connectivity index (χ1) is 20.0. The van der Waals surface area contributed by atoms with Gasteiger partial charge in [0, 0.05) is 37.9 Å². The number of aryl methyl sites for hydroxylation is 1. The molecule has 3 heterocycles. The topological polar surface area (TPSA) is 121 Å². The van der Waals surface area contributed by atoms with Gasteiger partial charge in [-0.2, -0.15) is 13.9 Å². The molecule has 1 aliphatic rings. The summed E-state index contributed by atoms with van der Waals surface area (Å²) in [5, 5.41) is 5.17. The first-order valence-corrected chi connectivity index (χ1v) is 14.6. The zero-order valence-corrected chi connectivity index (χ0v) is 23.6. The van der Waals surface area contributed by atoms with E-state index in [4.69, 9.17) is 15.2 Å². The monoisotopic (exact) mass is 599 g/mol. The summed E-state index contributed by atoms with van der Waals surface area (Å²) in [5.41, 5.74) is 8.84. The normalized spacial score (nSPS) is 14.9. The third kappa shape index (κ3) is 6.14. The fraction of sp³-hybridized carbons (Fsp3) is 0.310. The zero-order valence-electron chi connectivity index (χ0n) is 22.8. The lowest BCUT2D eigenvalue weighted by Crippen LogP contribution is -2.21. The van der Waals surface area contributed by atoms with E-state index in [2.05, 4.69) is 21.9 Å². The second kappa shape index (κ2) is 11.9. The van der Waals surface area contributed by atoms with Gasteiger partial charge in [-0.05, 0) is 49.6 Å². The Morgan fingerprint density at radius 3 is 2.57 bits per heavy atom. The maximum atomic E-state index is 13.5. The van der Waals surface area contributed by atoms with Crippen molar-refractivity contribution in [2.24, 2.45) is 13.0 Å². The largest absolute Gasteiger partial charge is 0.484 e. The lowest BCUT2D eigenvalue weighted by molar-refractivity contribution is 0.0807. The van der Waals surface area contributed by atoms with Gasteiger partial charge in [-0.15, -0.1) is 0 Å². The number of nitrogens with one attached hydrogen (secondary N) is 1. The van der Waals surface area contributed by atoms with E-state index in [1.807, 2.05) is 4.72 Å². The molecule has 2 aromatic carbocycles. The van der Waals surface area contributed by atoms with Crippen LogP contribution in [0.2, 0.25) is 0 Å². The van der Waals surface area contributed by atoms with Crippen molar-refractivity contribution in [2.45, 2.75) is 31.6 Å². The molecule has 4 aromatic rings. The van der Waals surface area contributed by atoms with Crippen molar-refractivity contribution in [3.8, 4) is 28.8 Å². The number of sulfonamides is 1. The SMILES string of the molecule is C[C@H](Oc1cc(-c2nn(C)c3c(C#CC4CCOCC4)cnc(N)c23)ccc1NS(=O)(=O)C(F)F)c1ccc(F)cc1. The number of benzene rings is 2. The van der Waals surface area contributed by atoms with Crippen molar-refractivity contribution in [1.82, 2.24) is 14.8 Å². The molecular formula is C29H28F3N5O4S. The average Bonchev–Trinajstić information content (AvgIpc) is 3.32. The minimum absolute atomic E-state index is 0.0469. The molecular weight excluding hydrogens is 571 g/mol. The Balaban J connectivity index is 1.58.